The van der Waals surface area contributed by atoms with E-state index in [9.17, 15) is 0 Å². The molecule has 0 spiro atoms. The van der Waals surface area contributed by atoms with Crippen LogP contribution in [0, 0.1) is 3.57 Å². The lowest BCUT2D eigenvalue weighted by atomic mass is 10.0. The number of hydrogen-bond donors (Lipinski definition) is 1. The second-order valence-electron chi connectivity index (χ2n) is 4.21. The molecule has 1 nitrogen and oxygen atoms in total. The van der Waals surface area contributed by atoms with Crippen molar-refractivity contribution in [3.63, 3.8) is 0 Å². The molecule has 1 N–H and O–H groups in total. The standard InChI is InChI=1S/C14H14Br2INS/c1-2-18-14(7-11-5-10(16)8-19-11)12-6-9(15)3-4-13(12)17/h3-6,8,14,18H,2,7H2,1H3. The molecule has 5 heteroatoms. The van der Waals surface area contributed by atoms with E-state index >= 15 is 0 Å². The summed E-state index contributed by atoms with van der Waals surface area (Å²) in [4.78, 5) is 1.40. The smallest absolute Gasteiger partial charge is 0.0379 e. The molecule has 0 radical (unpaired) electrons. The summed E-state index contributed by atoms with van der Waals surface area (Å²) in [7, 11) is 0. The molecule has 0 bridgehead atoms. The fourth-order valence-corrected chi connectivity index (χ4v) is 4.57. The zero-order valence-electron chi connectivity index (χ0n) is 10.4. The molecule has 1 unspecified atom stereocenters. The van der Waals surface area contributed by atoms with Crippen molar-refractivity contribution in [1.29, 1.82) is 0 Å². The van der Waals surface area contributed by atoms with Gasteiger partial charge in [0, 0.05) is 35.2 Å². The van der Waals surface area contributed by atoms with Gasteiger partial charge in [-0.05, 0) is 74.9 Å². The molecule has 0 aliphatic carbocycles. The average molecular weight is 515 g/mol. The summed E-state index contributed by atoms with van der Waals surface area (Å²) in [5.74, 6) is 0. The fraction of sp³-hybridized carbons (Fsp3) is 0.286. The molecule has 0 saturated carbocycles. The van der Waals surface area contributed by atoms with Crippen LogP contribution in [0.1, 0.15) is 23.4 Å². The average Bonchev–Trinajstić information content (AvgIpc) is 2.77. The third-order valence-corrected chi connectivity index (χ3v) is 6.01. The van der Waals surface area contributed by atoms with Gasteiger partial charge in [0.15, 0.2) is 0 Å². The lowest BCUT2D eigenvalue weighted by Gasteiger charge is -2.19. The van der Waals surface area contributed by atoms with Gasteiger partial charge in [-0.2, -0.15) is 0 Å². The number of benzene rings is 1. The van der Waals surface area contributed by atoms with E-state index in [2.05, 4.69) is 96.3 Å². The van der Waals surface area contributed by atoms with Crippen molar-refractivity contribution in [2.75, 3.05) is 6.54 Å². The Kier molecular flexibility index (Phi) is 6.33. The molecule has 1 aromatic heterocycles. The van der Waals surface area contributed by atoms with Crippen molar-refractivity contribution in [3.05, 3.63) is 52.6 Å². The Labute approximate surface area is 148 Å². The van der Waals surface area contributed by atoms with Crippen molar-refractivity contribution >= 4 is 65.8 Å². The number of hydrogen-bond acceptors (Lipinski definition) is 2. The topological polar surface area (TPSA) is 12.0 Å². The van der Waals surface area contributed by atoms with Crippen molar-refractivity contribution in [2.45, 2.75) is 19.4 Å². The molecule has 1 heterocycles. The van der Waals surface area contributed by atoms with Crippen molar-refractivity contribution < 1.29 is 0 Å². The van der Waals surface area contributed by atoms with Crippen molar-refractivity contribution in [1.82, 2.24) is 5.32 Å². The van der Waals surface area contributed by atoms with Crippen LogP contribution in [-0.4, -0.2) is 6.54 Å². The van der Waals surface area contributed by atoms with E-state index in [1.807, 2.05) is 11.3 Å². The number of nitrogens with one attached hydrogen (secondary N) is 1. The van der Waals surface area contributed by atoms with Gasteiger partial charge in [0.05, 0.1) is 0 Å². The highest BCUT2D eigenvalue weighted by molar-refractivity contribution is 14.1. The predicted octanol–water partition coefficient (Wildman–Crippen LogP) is 5.77. The summed E-state index contributed by atoms with van der Waals surface area (Å²) < 4.78 is 3.62. The molecule has 2 aromatic rings. The maximum Gasteiger partial charge on any atom is 0.0379 e. The second-order valence-corrected chi connectivity index (χ2v) is 8.20. The van der Waals surface area contributed by atoms with Crippen LogP contribution in [0.2, 0.25) is 0 Å². The molecule has 0 aliphatic heterocycles. The Morgan fingerprint density at radius 1 is 1.26 bits per heavy atom. The number of halogens is 3. The molecule has 0 aliphatic rings. The lowest BCUT2D eigenvalue weighted by Crippen LogP contribution is -2.23. The van der Waals surface area contributed by atoms with E-state index in [4.69, 9.17) is 0 Å². The highest BCUT2D eigenvalue weighted by atomic mass is 127. The maximum absolute atomic E-state index is 3.59. The molecule has 2 rings (SSSR count). The number of rotatable bonds is 5. The first-order valence-electron chi connectivity index (χ1n) is 6.01. The Balaban J connectivity index is 2.26. The fourth-order valence-electron chi connectivity index (χ4n) is 1.98. The first-order valence-corrected chi connectivity index (χ1v) is 9.56. The van der Waals surface area contributed by atoms with Gasteiger partial charge in [-0.15, -0.1) is 11.3 Å². The number of likely N-dealkylation sites (N-methyl/N-ethyl adjacent to an activating group) is 1. The van der Waals surface area contributed by atoms with Crippen LogP contribution in [0.25, 0.3) is 0 Å². The Morgan fingerprint density at radius 3 is 2.68 bits per heavy atom. The summed E-state index contributed by atoms with van der Waals surface area (Å²) in [6.07, 6.45) is 1.02. The molecule has 0 fully saturated rings. The third kappa shape index (κ3) is 4.52. The summed E-state index contributed by atoms with van der Waals surface area (Å²) in [5, 5.41) is 5.73. The zero-order chi connectivity index (χ0) is 13.8. The quantitative estimate of drug-likeness (QED) is 0.499. The van der Waals surface area contributed by atoms with Crippen LogP contribution >= 0.6 is 65.8 Å². The van der Waals surface area contributed by atoms with Gasteiger partial charge in [0.2, 0.25) is 0 Å². The molecule has 1 atom stereocenters. The highest BCUT2D eigenvalue weighted by Gasteiger charge is 2.15. The van der Waals surface area contributed by atoms with Crippen LogP contribution in [-0.2, 0) is 6.42 Å². The Hall–Kier alpha value is 0.570. The number of thiophene rings is 1. The third-order valence-electron chi connectivity index (χ3n) is 2.81. The first-order chi connectivity index (χ1) is 9.10. The van der Waals surface area contributed by atoms with E-state index < -0.39 is 0 Å². The monoisotopic (exact) mass is 513 g/mol. The van der Waals surface area contributed by atoms with E-state index in [1.165, 1.54) is 18.5 Å². The van der Waals surface area contributed by atoms with Crippen LogP contribution in [0.3, 0.4) is 0 Å². The second kappa shape index (κ2) is 7.54. The summed E-state index contributed by atoms with van der Waals surface area (Å²) in [5.41, 5.74) is 1.36. The molecular weight excluding hydrogens is 501 g/mol. The summed E-state index contributed by atoms with van der Waals surface area (Å²) in [6, 6.07) is 9.04. The van der Waals surface area contributed by atoms with E-state index in [0.717, 1.165) is 17.4 Å². The lowest BCUT2D eigenvalue weighted by molar-refractivity contribution is 0.551. The van der Waals surface area contributed by atoms with E-state index in [0.29, 0.717) is 6.04 Å². The largest absolute Gasteiger partial charge is 0.310 e. The molecule has 19 heavy (non-hydrogen) atoms. The van der Waals surface area contributed by atoms with Gasteiger partial charge in [-0.3, -0.25) is 0 Å². The van der Waals surface area contributed by atoms with Gasteiger partial charge < -0.3 is 5.32 Å². The predicted molar refractivity (Wildman–Crippen MR) is 99.0 cm³/mol. The normalized spacial score (nSPS) is 12.6. The minimum atomic E-state index is 0.361. The van der Waals surface area contributed by atoms with Crippen LogP contribution in [0.5, 0.6) is 0 Å². The SMILES string of the molecule is CCNC(Cc1cc(Br)cs1)c1cc(Br)ccc1I. The Morgan fingerprint density at radius 2 is 2.05 bits per heavy atom. The van der Waals surface area contributed by atoms with Gasteiger partial charge in [-0.25, -0.2) is 0 Å². The molecular formula is C14H14Br2INS. The van der Waals surface area contributed by atoms with Gasteiger partial charge in [-0.1, -0.05) is 22.9 Å². The van der Waals surface area contributed by atoms with Gasteiger partial charge in [0.25, 0.3) is 0 Å². The molecule has 0 saturated heterocycles. The van der Waals surface area contributed by atoms with E-state index in [1.54, 1.807) is 0 Å². The van der Waals surface area contributed by atoms with Gasteiger partial charge in [0.1, 0.15) is 0 Å². The minimum Gasteiger partial charge on any atom is -0.310 e. The van der Waals surface area contributed by atoms with Crippen LogP contribution in [0.15, 0.2) is 38.6 Å². The summed E-state index contributed by atoms with van der Waals surface area (Å²) in [6.45, 7) is 3.13. The van der Waals surface area contributed by atoms with Crippen LogP contribution < -0.4 is 5.32 Å². The zero-order valence-corrected chi connectivity index (χ0v) is 16.6. The summed E-state index contributed by atoms with van der Waals surface area (Å²) >= 11 is 11.3. The highest BCUT2D eigenvalue weighted by Crippen LogP contribution is 2.29. The van der Waals surface area contributed by atoms with Crippen molar-refractivity contribution in [2.24, 2.45) is 0 Å². The van der Waals surface area contributed by atoms with E-state index in [-0.39, 0.29) is 0 Å². The van der Waals surface area contributed by atoms with Crippen LogP contribution in [0.4, 0.5) is 0 Å². The maximum atomic E-state index is 3.59. The van der Waals surface area contributed by atoms with Gasteiger partial charge >= 0.3 is 0 Å². The Bertz CT molecular complexity index is 556. The van der Waals surface area contributed by atoms with Crippen molar-refractivity contribution in [3.8, 4) is 0 Å². The minimum absolute atomic E-state index is 0.361. The molecule has 0 amide bonds. The molecule has 102 valence electrons. The first kappa shape index (κ1) is 15.9. The molecule has 1 aromatic carbocycles.